The first-order valence-corrected chi connectivity index (χ1v) is 4.91. The molecule has 0 saturated carbocycles. The topological polar surface area (TPSA) is 0 Å². The lowest BCUT2D eigenvalue weighted by Gasteiger charge is -2.14. The van der Waals surface area contributed by atoms with Crippen LogP contribution in [0.5, 0.6) is 0 Å². The molecule has 1 aliphatic carbocycles. The summed E-state index contributed by atoms with van der Waals surface area (Å²) in [5.41, 5.74) is 1.22. The van der Waals surface area contributed by atoms with Crippen molar-refractivity contribution in [2.24, 2.45) is 0 Å². The van der Waals surface area contributed by atoms with Gasteiger partial charge in [-0.1, -0.05) is 24.3 Å². The van der Waals surface area contributed by atoms with Crippen LogP contribution in [0.2, 0.25) is 0 Å². The first-order chi connectivity index (χ1) is 7.11. The SMILES string of the molecule is Cc1cc(F)c(C)c(C2C=CC=C2)c1F. The largest absolute Gasteiger partial charge is 0.207 e. The number of hydrogen-bond acceptors (Lipinski definition) is 0. The van der Waals surface area contributed by atoms with Crippen LogP contribution in [-0.4, -0.2) is 0 Å². The fourth-order valence-corrected chi connectivity index (χ4v) is 1.89. The summed E-state index contributed by atoms with van der Waals surface area (Å²) in [4.78, 5) is 0. The number of benzene rings is 1. The molecule has 15 heavy (non-hydrogen) atoms. The molecule has 0 atom stereocenters. The van der Waals surface area contributed by atoms with Gasteiger partial charge < -0.3 is 0 Å². The zero-order chi connectivity index (χ0) is 11.0. The fraction of sp³-hybridized carbons (Fsp3) is 0.231. The second-order valence-electron chi connectivity index (χ2n) is 3.82. The van der Waals surface area contributed by atoms with Gasteiger partial charge >= 0.3 is 0 Å². The van der Waals surface area contributed by atoms with Gasteiger partial charge in [-0.3, -0.25) is 0 Å². The molecule has 78 valence electrons. The van der Waals surface area contributed by atoms with Gasteiger partial charge in [0.1, 0.15) is 11.6 Å². The van der Waals surface area contributed by atoms with Gasteiger partial charge in [0, 0.05) is 11.5 Å². The molecule has 1 aromatic carbocycles. The van der Waals surface area contributed by atoms with Crippen LogP contribution in [0.3, 0.4) is 0 Å². The maximum absolute atomic E-state index is 13.9. The Morgan fingerprint density at radius 3 is 2.27 bits per heavy atom. The molecule has 0 saturated heterocycles. The van der Waals surface area contributed by atoms with Crippen molar-refractivity contribution in [2.75, 3.05) is 0 Å². The second kappa shape index (κ2) is 3.61. The van der Waals surface area contributed by atoms with Crippen molar-refractivity contribution in [1.29, 1.82) is 0 Å². The molecule has 1 aromatic rings. The van der Waals surface area contributed by atoms with E-state index in [2.05, 4.69) is 0 Å². The van der Waals surface area contributed by atoms with Gasteiger partial charge in [0.15, 0.2) is 0 Å². The molecule has 0 amide bonds. The number of rotatable bonds is 1. The minimum Gasteiger partial charge on any atom is -0.207 e. The number of hydrogen-bond donors (Lipinski definition) is 0. The summed E-state index contributed by atoms with van der Waals surface area (Å²) in [6.07, 6.45) is 7.43. The first-order valence-electron chi connectivity index (χ1n) is 4.91. The van der Waals surface area contributed by atoms with E-state index in [0.29, 0.717) is 16.7 Å². The summed E-state index contributed by atoms with van der Waals surface area (Å²) in [5.74, 6) is -0.757. The van der Waals surface area contributed by atoms with Crippen molar-refractivity contribution < 1.29 is 8.78 Å². The van der Waals surface area contributed by atoms with Gasteiger partial charge in [-0.15, -0.1) is 0 Å². The van der Waals surface area contributed by atoms with E-state index < -0.39 is 0 Å². The van der Waals surface area contributed by atoms with E-state index in [0.717, 1.165) is 0 Å². The highest BCUT2D eigenvalue weighted by Crippen LogP contribution is 2.31. The van der Waals surface area contributed by atoms with Crippen LogP contribution >= 0.6 is 0 Å². The van der Waals surface area contributed by atoms with Crippen molar-refractivity contribution in [2.45, 2.75) is 19.8 Å². The summed E-state index contributed by atoms with van der Waals surface area (Å²) >= 11 is 0. The molecule has 0 spiro atoms. The van der Waals surface area contributed by atoms with Gasteiger partial charge in [-0.25, -0.2) is 8.78 Å². The van der Waals surface area contributed by atoms with Crippen LogP contribution in [0.15, 0.2) is 30.4 Å². The molecule has 0 radical (unpaired) electrons. The smallest absolute Gasteiger partial charge is 0.130 e. The Hall–Kier alpha value is -1.44. The van der Waals surface area contributed by atoms with Crippen LogP contribution < -0.4 is 0 Å². The van der Waals surface area contributed by atoms with Gasteiger partial charge in [0.2, 0.25) is 0 Å². The fourth-order valence-electron chi connectivity index (χ4n) is 1.89. The quantitative estimate of drug-likeness (QED) is 0.655. The van der Waals surface area contributed by atoms with E-state index in [4.69, 9.17) is 0 Å². The van der Waals surface area contributed by atoms with Crippen LogP contribution in [0.1, 0.15) is 22.6 Å². The summed E-state index contributed by atoms with van der Waals surface area (Å²) < 4.78 is 27.3. The summed E-state index contributed by atoms with van der Waals surface area (Å²) in [6, 6.07) is 1.25. The lowest BCUT2D eigenvalue weighted by atomic mass is 9.93. The average molecular weight is 206 g/mol. The lowest BCUT2D eigenvalue weighted by Crippen LogP contribution is -2.03. The van der Waals surface area contributed by atoms with Gasteiger partial charge in [-0.05, 0) is 31.0 Å². The molecule has 1 aliphatic rings. The normalized spacial score (nSPS) is 15.2. The number of aryl methyl sites for hydroxylation is 1. The Bertz CT molecular complexity index is 418. The summed E-state index contributed by atoms with van der Waals surface area (Å²) in [6.45, 7) is 3.21. The monoisotopic (exact) mass is 206 g/mol. The maximum atomic E-state index is 13.9. The molecule has 0 unspecified atom stereocenters. The molecule has 0 heterocycles. The van der Waals surface area contributed by atoms with Crippen molar-refractivity contribution >= 4 is 0 Å². The van der Waals surface area contributed by atoms with E-state index in [9.17, 15) is 8.78 Å². The molecule has 0 fully saturated rings. The minimum atomic E-state index is -0.336. The number of halogens is 2. The lowest BCUT2D eigenvalue weighted by molar-refractivity contribution is 0.569. The van der Waals surface area contributed by atoms with E-state index in [1.807, 2.05) is 24.3 Å². The van der Waals surface area contributed by atoms with Gasteiger partial charge in [0.05, 0.1) is 0 Å². The van der Waals surface area contributed by atoms with E-state index >= 15 is 0 Å². The average Bonchev–Trinajstić information content (AvgIpc) is 2.69. The molecule has 0 nitrogen and oxygen atoms in total. The Balaban J connectivity index is 2.63. The molecule has 0 aliphatic heterocycles. The van der Waals surface area contributed by atoms with E-state index in [-0.39, 0.29) is 17.6 Å². The Kier molecular flexibility index (Phi) is 2.43. The van der Waals surface area contributed by atoms with Crippen molar-refractivity contribution in [1.82, 2.24) is 0 Å². The zero-order valence-electron chi connectivity index (χ0n) is 8.72. The Morgan fingerprint density at radius 1 is 1.07 bits per heavy atom. The van der Waals surface area contributed by atoms with Gasteiger partial charge in [0.25, 0.3) is 0 Å². The molecule has 2 heteroatoms. The van der Waals surface area contributed by atoms with Crippen LogP contribution in [-0.2, 0) is 0 Å². The van der Waals surface area contributed by atoms with Crippen molar-refractivity contribution in [3.63, 3.8) is 0 Å². The summed E-state index contributed by atoms with van der Waals surface area (Å²) in [7, 11) is 0. The Morgan fingerprint density at radius 2 is 1.67 bits per heavy atom. The summed E-state index contributed by atoms with van der Waals surface area (Å²) in [5, 5.41) is 0. The molecular weight excluding hydrogens is 194 g/mol. The Labute approximate surface area is 87.9 Å². The second-order valence-corrected chi connectivity index (χ2v) is 3.82. The third kappa shape index (κ3) is 1.60. The highest BCUT2D eigenvalue weighted by Gasteiger charge is 2.19. The standard InChI is InChI=1S/C13H12F2/c1-8-7-11(14)9(2)12(13(8)15)10-5-3-4-6-10/h3-7,10H,1-2H3. The molecular formula is C13H12F2. The molecule has 2 rings (SSSR count). The third-order valence-electron chi connectivity index (χ3n) is 2.77. The number of allylic oxidation sites excluding steroid dienone is 4. The minimum absolute atomic E-state index is 0.126. The van der Waals surface area contributed by atoms with E-state index in [1.165, 1.54) is 6.07 Å². The molecule has 0 aromatic heterocycles. The molecule has 0 bridgehead atoms. The zero-order valence-corrected chi connectivity index (χ0v) is 8.72. The highest BCUT2D eigenvalue weighted by atomic mass is 19.1. The van der Waals surface area contributed by atoms with E-state index in [1.54, 1.807) is 13.8 Å². The van der Waals surface area contributed by atoms with Crippen molar-refractivity contribution in [3.05, 3.63) is 58.7 Å². The van der Waals surface area contributed by atoms with Crippen molar-refractivity contribution in [3.8, 4) is 0 Å². The molecule has 0 N–H and O–H groups in total. The van der Waals surface area contributed by atoms with Crippen LogP contribution in [0, 0.1) is 25.5 Å². The highest BCUT2D eigenvalue weighted by molar-refractivity contribution is 5.43. The maximum Gasteiger partial charge on any atom is 0.130 e. The van der Waals surface area contributed by atoms with Crippen LogP contribution in [0.4, 0.5) is 8.78 Å². The van der Waals surface area contributed by atoms with Gasteiger partial charge in [-0.2, -0.15) is 0 Å². The van der Waals surface area contributed by atoms with Crippen LogP contribution in [0.25, 0.3) is 0 Å². The third-order valence-corrected chi connectivity index (χ3v) is 2.77. The first kappa shape index (κ1) is 10.1. The predicted molar refractivity (Wildman–Crippen MR) is 56.9 cm³/mol. The predicted octanol–water partition coefficient (Wildman–Crippen LogP) is 3.79.